The number of methoxy groups -OCH3 is 1. The monoisotopic (exact) mass is 266 g/mol. The van der Waals surface area contributed by atoms with Crippen molar-refractivity contribution >= 4 is 11.7 Å². The molecule has 0 bridgehead atoms. The third kappa shape index (κ3) is 5.28. The number of aliphatic hydroxyl groups is 1. The summed E-state index contributed by atoms with van der Waals surface area (Å²) in [5, 5.41) is 14.8. The molecule has 106 valence electrons. The lowest BCUT2D eigenvalue weighted by Gasteiger charge is -2.15. The number of benzene rings is 1. The highest BCUT2D eigenvalue weighted by atomic mass is 16.5. The molecule has 0 aromatic heterocycles. The first-order valence-corrected chi connectivity index (χ1v) is 6.35. The van der Waals surface area contributed by atoms with Crippen molar-refractivity contribution in [2.75, 3.05) is 25.6 Å². The Balaban J connectivity index is 2.53. The maximum absolute atomic E-state index is 11.7. The lowest BCUT2D eigenvalue weighted by molar-refractivity contribution is 0.0663. The van der Waals surface area contributed by atoms with Gasteiger partial charge in [-0.25, -0.2) is 4.79 Å². The van der Waals surface area contributed by atoms with Gasteiger partial charge >= 0.3 is 6.03 Å². The van der Waals surface area contributed by atoms with E-state index in [1.165, 1.54) is 7.11 Å². The number of ether oxygens (including phenoxy) is 1. The number of carbonyl (C=O) groups excluding carboxylic acids is 1. The molecule has 1 atom stereocenters. The summed E-state index contributed by atoms with van der Waals surface area (Å²) in [7, 11) is 1.50. The number of nitrogens with one attached hydrogen (secondary N) is 2. The Morgan fingerprint density at radius 1 is 1.37 bits per heavy atom. The van der Waals surface area contributed by atoms with Crippen molar-refractivity contribution < 1.29 is 14.6 Å². The first-order valence-electron chi connectivity index (χ1n) is 6.35. The molecule has 1 rings (SSSR count). The van der Waals surface area contributed by atoms with Gasteiger partial charge in [-0.2, -0.15) is 0 Å². The Morgan fingerprint density at radius 2 is 2.05 bits per heavy atom. The molecule has 0 saturated heterocycles. The highest BCUT2D eigenvalue weighted by molar-refractivity contribution is 5.90. The first kappa shape index (κ1) is 15.5. The van der Waals surface area contributed by atoms with Gasteiger partial charge in [0.15, 0.2) is 0 Å². The summed E-state index contributed by atoms with van der Waals surface area (Å²) in [6, 6.07) is 7.34. The van der Waals surface area contributed by atoms with E-state index in [1.54, 1.807) is 0 Å². The van der Waals surface area contributed by atoms with Crippen LogP contribution >= 0.6 is 0 Å². The van der Waals surface area contributed by atoms with E-state index in [1.807, 2.05) is 24.3 Å². The van der Waals surface area contributed by atoms with Crippen LogP contribution < -0.4 is 10.6 Å². The van der Waals surface area contributed by atoms with Gasteiger partial charge in [0.1, 0.15) is 0 Å². The molecule has 1 aromatic carbocycles. The number of urea groups is 1. The number of hydrogen-bond donors (Lipinski definition) is 3. The predicted octanol–water partition coefficient (Wildman–Crippen LogP) is 1.94. The van der Waals surface area contributed by atoms with Crippen LogP contribution in [0.2, 0.25) is 0 Å². The van der Waals surface area contributed by atoms with Gasteiger partial charge in [-0.05, 0) is 17.5 Å². The number of hydrogen-bond acceptors (Lipinski definition) is 3. The van der Waals surface area contributed by atoms with Gasteiger partial charge in [0.2, 0.25) is 0 Å². The zero-order chi connectivity index (χ0) is 14.3. The fourth-order valence-corrected chi connectivity index (χ4v) is 1.74. The predicted molar refractivity (Wildman–Crippen MR) is 75.4 cm³/mol. The topological polar surface area (TPSA) is 70.6 Å². The van der Waals surface area contributed by atoms with Crippen LogP contribution in [-0.4, -0.2) is 37.5 Å². The van der Waals surface area contributed by atoms with Crippen molar-refractivity contribution in [2.24, 2.45) is 0 Å². The second-order valence-electron chi connectivity index (χ2n) is 4.69. The molecule has 0 spiro atoms. The lowest BCUT2D eigenvalue weighted by atomic mass is 10.0. The number of anilines is 1. The highest BCUT2D eigenvalue weighted by Gasteiger charge is 2.10. The Kier molecular flexibility index (Phi) is 6.32. The molecule has 0 aliphatic heterocycles. The fraction of sp³-hybridized carbons (Fsp3) is 0.500. The van der Waals surface area contributed by atoms with Crippen LogP contribution in [0.5, 0.6) is 0 Å². The van der Waals surface area contributed by atoms with Crippen molar-refractivity contribution in [2.45, 2.75) is 25.9 Å². The molecule has 0 saturated carbocycles. The van der Waals surface area contributed by atoms with Crippen molar-refractivity contribution in [1.29, 1.82) is 0 Å². The van der Waals surface area contributed by atoms with Crippen LogP contribution in [0.3, 0.4) is 0 Å². The zero-order valence-electron chi connectivity index (χ0n) is 11.6. The van der Waals surface area contributed by atoms with Crippen LogP contribution in [0.4, 0.5) is 10.5 Å². The number of carbonyl (C=O) groups is 1. The third-order valence-electron chi connectivity index (χ3n) is 2.69. The second-order valence-corrected chi connectivity index (χ2v) is 4.69. The van der Waals surface area contributed by atoms with Gasteiger partial charge < -0.3 is 20.5 Å². The normalized spacial score (nSPS) is 12.3. The van der Waals surface area contributed by atoms with E-state index in [-0.39, 0.29) is 19.2 Å². The molecule has 0 aliphatic carbocycles. The zero-order valence-corrected chi connectivity index (χ0v) is 11.6. The molecular formula is C14H22N2O3. The van der Waals surface area contributed by atoms with E-state index >= 15 is 0 Å². The van der Waals surface area contributed by atoms with Gasteiger partial charge in [-0.15, -0.1) is 0 Å². The van der Waals surface area contributed by atoms with Crippen molar-refractivity contribution in [1.82, 2.24) is 5.32 Å². The van der Waals surface area contributed by atoms with Gasteiger partial charge in [-0.3, -0.25) is 0 Å². The van der Waals surface area contributed by atoms with Crippen LogP contribution in [0.25, 0.3) is 0 Å². The summed E-state index contributed by atoms with van der Waals surface area (Å²) < 4.78 is 4.78. The summed E-state index contributed by atoms with van der Waals surface area (Å²) in [6.45, 7) is 4.49. The molecule has 2 amide bonds. The van der Waals surface area contributed by atoms with Crippen LogP contribution in [0.1, 0.15) is 25.3 Å². The van der Waals surface area contributed by atoms with E-state index in [9.17, 15) is 9.90 Å². The Bertz CT molecular complexity index is 407. The van der Waals surface area contributed by atoms with E-state index in [0.29, 0.717) is 5.92 Å². The molecule has 19 heavy (non-hydrogen) atoms. The third-order valence-corrected chi connectivity index (χ3v) is 2.69. The highest BCUT2D eigenvalue weighted by Crippen LogP contribution is 2.23. The van der Waals surface area contributed by atoms with E-state index in [2.05, 4.69) is 24.5 Å². The van der Waals surface area contributed by atoms with Crippen molar-refractivity contribution in [3.63, 3.8) is 0 Å². The van der Waals surface area contributed by atoms with E-state index in [4.69, 9.17) is 4.74 Å². The minimum absolute atomic E-state index is 0.156. The summed E-state index contributed by atoms with van der Waals surface area (Å²) in [5.41, 5.74) is 1.87. The van der Waals surface area contributed by atoms with Crippen LogP contribution in [-0.2, 0) is 4.74 Å². The fourth-order valence-electron chi connectivity index (χ4n) is 1.74. The van der Waals surface area contributed by atoms with E-state index < -0.39 is 6.10 Å². The Labute approximate surface area is 114 Å². The number of rotatable bonds is 6. The van der Waals surface area contributed by atoms with E-state index in [0.717, 1.165) is 11.3 Å². The minimum atomic E-state index is -0.698. The molecule has 0 fully saturated rings. The molecule has 1 unspecified atom stereocenters. The van der Waals surface area contributed by atoms with Crippen LogP contribution in [0, 0.1) is 0 Å². The average molecular weight is 266 g/mol. The van der Waals surface area contributed by atoms with Crippen molar-refractivity contribution in [3.05, 3.63) is 29.8 Å². The first-order chi connectivity index (χ1) is 9.04. The second kappa shape index (κ2) is 7.76. The van der Waals surface area contributed by atoms with Gasteiger partial charge in [0.05, 0.1) is 12.7 Å². The largest absolute Gasteiger partial charge is 0.389 e. The Morgan fingerprint density at radius 3 is 2.68 bits per heavy atom. The lowest BCUT2D eigenvalue weighted by Crippen LogP contribution is -2.37. The van der Waals surface area contributed by atoms with Gasteiger partial charge in [0.25, 0.3) is 0 Å². The molecule has 3 N–H and O–H groups in total. The summed E-state index contributed by atoms with van der Waals surface area (Å²) in [4.78, 5) is 11.7. The summed E-state index contributed by atoms with van der Waals surface area (Å²) >= 11 is 0. The number of aliphatic hydroxyl groups excluding tert-OH is 1. The average Bonchev–Trinajstić information content (AvgIpc) is 2.37. The smallest absolute Gasteiger partial charge is 0.319 e. The summed E-state index contributed by atoms with van der Waals surface area (Å²) in [6.07, 6.45) is -0.698. The molecular weight excluding hydrogens is 244 g/mol. The standard InChI is InChI=1S/C14H22N2O3/c1-10(2)12-6-4-5-7-13(12)16-14(18)15-8-11(17)9-19-3/h4-7,10-11,17H,8-9H2,1-3H3,(H2,15,16,18). The molecule has 1 aromatic rings. The molecule has 5 heteroatoms. The maximum Gasteiger partial charge on any atom is 0.319 e. The van der Waals surface area contributed by atoms with Gasteiger partial charge in [0, 0.05) is 19.3 Å². The molecule has 5 nitrogen and oxygen atoms in total. The van der Waals surface area contributed by atoms with Gasteiger partial charge in [-0.1, -0.05) is 32.0 Å². The molecule has 0 radical (unpaired) electrons. The number of amides is 2. The minimum Gasteiger partial charge on any atom is -0.389 e. The molecule has 0 heterocycles. The number of para-hydroxylation sites is 1. The SMILES string of the molecule is COCC(O)CNC(=O)Nc1ccccc1C(C)C. The maximum atomic E-state index is 11.7. The van der Waals surface area contributed by atoms with Crippen LogP contribution in [0.15, 0.2) is 24.3 Å². The van der Waals surface area contributed by atoms with Crippen molar-refractivity contribution in [3.8, 4) is 0 Å². The quantitative estimate of drug-likeness (QED) is 0.737. The Hall–Kier alpha value is -1.59. The summed E-state index contributed by atoms with van der Waals surface area (Å²) in [5.74, 6) is 0.329. The molecule has 0 aliphatic rings.